The number of nitrogens with two attached hydrogens (primary N) is 1. The fourth-order valence-corrected chi connectivity index (χ4v) is 4.12. The largest absolute Gasteiger partial charge is 0.326 e. The fraction of sp³-hybridized carbons (Fsp3) is 0.571. The van der Waals surface area contributed by atoms with Crippen LogP contribution in [0.3, 0.4) is 0 Å². The van der Waals surface area contributed by atoms with Crippen LogP contribution >= 0.6 is 0 Å². The van der Waals surface area contributed by atoms with E-state index in [-0.39, 0.29) is 5.54 Å². The van der Waals surface area contributed by atoms with Gasteiger partial charge in [0.1, 0.15) is 0 Å². The Morgan fingerprint density at radius 2 is 2.00 bits per heavy atom. The first kappa shape index (κ1) is 14.5. The minimum atomic E-state index is -3.49. The molecule has 0 aliphatic heterocycles. The molecule has 4 nitrogen and oxygen atoms in total. The summed E-state index contributed by atoms with van der Waals surface area (Å²) in [6.07, 6.45) is 2.19. The van der Waals surface area contributed by atoms with E-state index in [1.807, 2.05) is 19.9 Å². The van der Waals surface area contributed by atoms with Crippen molar-refractivity contribution < 1.29 is 8.42 Å². The van der Waals surface area contributed by atoms with Gasteiger partial charge in [-0.3, -0.25) is 0 Å². The van der Waals surface area contributed by atoms with Crippen LogP contribution in [0.25, 0.3) is 0 Å². The van der Waals surface area contributed by atoms with Crippen LogP contribution < -0.4 is 10.5 Å². The molecule has 2 rings (SSSR count). The van der Waals surface area contributed by atoms with Gasteiger partial charge in [0, 0.05) is 12.1 Å². The Kier molecular flexibility index (Phi) is 3.73. The van der Waals surface area contributed by atoms with E-state index in [0.717, 1.165) is 24.0 Å². The minimum Gasteiger partial charge on any atom is -0.326 e. The van der Waals surface area contributed by atoms with Crippen molar-refractivity contribution >= 4 is 10.0 Å². The molecule has 1 aliphatic carbocycles. The van der Waals surface area contributed by atoms with Crippen molar-refractivity contribution in [2.45, 2.75) is 50.6 Å². The van der Waals surface area contributed by atoms with Crippen molar-refractivity contribution in [3.05, 3.63) is 29.3 Å². The summed E-state index contributed by atoms with van der Waals surface area (Å²) in [5, 5.41) is 0. The second-order valence-corrected chi connectivity index (χ2v) is 7.56. The lowest BCUT2D eigenvalue weighted by Gasteiger charge is -2.26. The zero-order chi connectivity index (χ0) is 14.3. The first-order chi connectivity index (χ1) is 8.76. The molecule has 3 N–H and O–H groups in total. The van der Waals surface area contributed by atoms with E-state index >= 15 is 0 Å². The molecule has 1 aliphatic rings. The smallest absolute Gasteiger partial charge is 0.241 e. The van der Waals surface area contributed by atoms with Crippen LogP contribution in [0.5, 0.6) is 0 Å². The predicted molar refractivity (Wildman–Crippen MR) is 76.2 cm³/mol. The molecular weight excluding hydrogens is 260 g/mol. The van der Waals surface area contributed by atoms with Crippen molar-refractivity contribution in [1.82, 2.24) is 4.72 Å². The zero-order valence-corrected chi connectivity index (χ0v) is 12.5. The quantitative estimate of drug-likeness (QED) is 0.866. The summed E-state index contributed by atoms with van der Waals surface area (Å²) < 4.78 is 27.9. The standard InChI is InChI=1S/C14H22N2O2S/c1-10-4-5-11(9-15)8-13(10)19(17,18)16-14(2,3)12-6-7-12/h4-5,8,12,16H,6-7,9,15H2,1-3H3. The topological polar surface area (TPSA) is 72.2 Å². The summed E-state index contributed by atoms with van der Waals surface area (Å²) in [5.74, 6) is 0.445. The van der Waals surface area contributed by atoms with Gasteiger partial charge in [0.15, 0.2) is 0 Å². The molecule has 0 unspecified atom stereocenters. The lowest BCUT2D eigenvalue weighted by atomic mass is 10.0. The van der Waals surface area contributed by atoms with Gasteiger partial charge < -0.3 is 5.73 Å². The molecule has 1 saturated carbocycles. The monoisotopic (exact) mass is 282 g/mol. The molecule has 1 aromatic rings. The number of aryl methyl sites for hydroxylation is 1. The molecule has 0 aromatic heterocycles. The summed E-state index contributed by atoms with van der Waals surface area (Å²) in [5.41, 5.74) is 6.77. The summed E-state index contributed by atoms with van der Waals surface area (Å²) in [7, 11) is -3.49. The molecule has 0 atom stereocenters. The highest BCUT2D eigenvalue weighted by molar-refractivity contribution is 7.89. The summed E-state index contributed by atoms with van der Waals surface area (Å²) in [6.45, 7) is 6.04. The molecule has 0 spiro atoms. The Labute approximate surface area is 115 Å². The molecule has 0 saturated heterocycles. The van der Waals surface area contributed by atoms with Crippen LogP contribution in [0.15, 0.2) is 23.1 Å². The van der Waals surface area contributed by atoms with Crippen molar-refractivity contribution in [2.75, 3.05) is 0 Å². The summed E-state index contributed by atoms with van der Waals surface area (Å²) in [4.78, 5) is 0.337. The summed E-state index contributed by atoms with van der Waals surface area (Å²) in [6, 6.07) is 5.34. The lowest BCUT2D eigenvalue weighted by Crippen LogP contribution is -2.45. The minimum absolute atomic E-state index is 0.337. The zero-order valence-electron chi connectivity index (χ0n) is 11.7. The molecule has 0 heterocycles. The van der Waals surface area contributed by atoms with Crippen LogP contribution in [-0.4, -0.2) is 14.0 Å². The molecular formula is C14H22N2O2S. The average molecular weight is 282 g/mol. The van der Waals surface area contributed by atoms with Crippen LogP contribution in [-0.2, 0) is 16.6 Å². The first-order valence-corrected chi connectivity index (χ1v) is 8.08. The highest BCUT2D eigenvalue weighted by Gasteiger charge is 2.40. The number of sulfonamides is 1. The van der Waals surface area contributed by atoms with Gasteiger partial charge in [-0.25, -0.2) is 13.1 Å². The van der Waals surface area contributed by atoms with Gasteiger partial charge in [-0.2, -0.15) is 0 Å². The van der Waals surface area contributed by atoms with Gasteiger partial charge in [-0.1, -0.05) is 12.1 Å². The van der Waals surface area contributed by atoms with Gasteiger partial charge in [0.25, 0.3) is 0 Å². The van der Waals surface area contributed by atoms with Crippen LogP contribution in [0, 0.1) is 12.8 Å². The molecule has 5 heteroatoms. The van der Waals surface area contributed by atoms with Gasteiger partial charge >= 0.3 is 0 Å². The van der Waals surface area contributed by atoms with E-state index in [1.54, 1.807) is 19.1 Å². The number of rotatable bonds is 5. The molecule has 1 fully saturated rings. The third-order valence-electron chi connectivity index (χ3n) is 3.77. The molecule has 106 valence electrons. The highest BCUT2D eigenvalue weighted by Crippen LogP contribution is 2.40. The van der Waals surface area contributed by atoms with Gasteiger partial charge in [-0.05, 0) is 56.7 Å². The number of benzene rings is 1. The molecule has 0 amide bonds. The third kappa shape index (κ3) is 3.16. The normalized spacial score (nSPS) is 16.6. The second kappa shape index (κ2) is 4.89. The lowest BCUT2D eigenvalue weighted by molar-refractivity contribution is 0.400. The van der Waals surface area contributed by atoms with Crippen molar-refractivity contribution in [3.8, 4) is 0 Å². The van der Waals surface area contributed by atoms with E-state index in [0.29, 0.717) is 17.4 Å². The second-order valence-electron chi connectivity index (χ2n) is 5.91. The van der Waals surface area contributed by atoms with Gasteiger partial charge in [0.2, 0.25) is 10.0 Å². The number of hydrogen-bond acceptors (Lipinski definition) is 3. The van der Waals surface area contributed by atoms with Crippen molar-refractivity contribution in [3.63, 3.8) is 0 Å². The van der Waals surface area contributed by atoms with Crippen molar-refractivity contribution in [1.29, 1.82) is 0 Å². The number of hydrogen-bond donors (Lipinski definition) is 2. The average Bonchev–Trinajstić information content (AvgIpc) is 3.12. The maximum atomic E-state index is 12.5. The maximum absolute atomic E-state index is 12.5. The Bertz CT molecular complexity index is 575. The van der Waals surface area contributed by atoms with Gasteiger partial charge in [-0.15, -0.1) is 0 Å². The number of nitrogens with one attached hydrogen (secondary N) is 1. The van der Waals surface area contributed by atoms with E-state index in [4.69, 9.17) is 5.73 Å². The van der Waals surface area contributed by atoms with Crippen LogP contribution in [0.4, 0.5) is 0 Å². The van der Waals surface area contributed by atoms with Crippen LogP contribution in [0.2, 0.25) is 0 Å². The Morgan fingerprint density at radius 1 is 1.37 bits per heavy atom. The van der Waals surface area contributed by atoms with E-state index in [1.165, 1.54) is 0 Å². The molecule has 1 aromatic carbocycles. The summed E-state index contributed by atoms with van der Waals surface area (Å²) >= 11 is 0. The highest BCUT2D eigenvalue weighted by atomic mass is 32.2. The SMILES string of the molecule is Cc1ccc(CN)cc1S(=O)(=O)NC(C)(C)C1CC1. The first-order valence-electron chi connectivity index (χ1n) is 6.60. The van der Waals surface area contributed by atoms with Crippen molar-refractivity contribution in [2.24, 2.45) is 11.7 Å². The van der Waals surface area contributed by atoms with E-state index in [2.05, 4.69) is 4.72 Å². The molecule has 0 radical (unpaired) electrons. The van der Waals surface area contributed by atoms with E-state index in [9.17, 15) is 8.42 Å². The van der Waals surface area contributed by atoms with Gasteiger partial charge in [0.05, 0.1) is 4.90 Å². The predicted octanol–water partition coefficient (Wildman–Crippen LogP) is 1.92. The fourth-order valence-electron chi connectivity index (χ4n) is 2.35. The molecule has 19 heavy (non-hydrogen) atoms. The third-order valence-corrected chi connectivity index (χ3v) is 5.59. The Hall–Kier alpha value is -0.910. The maximum Gasteiger partial charge on any atom is 0.241 e. The Morgan fingerprint density at radius 3 is 2.53 bits per heavy atom. The van der Waals surface area contributed by atoms with Crippen LogP contribution in [0.1, 0.15) is 37.8 Å². The van der Waals surface area contributed by atoms with E-state index < -0.39 is 10.0 Å². The molecule has 0 bridgehead atoms. The Balaban J connectivity index is 2.33.